The van der Waals surface area contributed by atoms with Crippen LogP contribution >= 0.6 is 0 Å². The molecule has 34 heavy (non-hydrogen) atoms. The molecule has 0 aromatic heterocycles. The van der Waals surface area contributed by atoms with Crippen molar-refractivity contribution in [3.8, 4) is 5.75 Å². The van der Waals surface area contributed by atoms with E-state index in [1.807, 2.05) is 67.3 Å². The highest BCUT2D eigenvalue weighted by Gasteiger charge is 2.33. The molecule has 3 aromatic carbocycles. The summed E-state index contributed by atoms with van der Waals surface area (Å²) < 4.78 is 6.02. The maximum Gasteiger partial charge on any atom is 0.260 e. The highest BCUT2D eigenvalue weighted by atomic mass is 16.5. The summed E-state index contributed by atoms with van der Waals surface area (Å²) in [4.78, 5) is 27.9. The van der Waals surface area contributed by atoms with Gasteiger partial charge in [0.25, 0.3) is 11.8 Å². The Hall–Kier alpha value is -3.60. The molecular formula is C29H32N2O3. The summed E-state index contributed by atoms with van der Waals surface area (Å²) >= 11 is 0. The zero-order chi connectivity index (χ0) is 24.2. The van der Waals surface area contributed by atoms with Gasteiger partial charge in [-0.15, -0.1) is 0 Å². The van der Waals surface area contributed by atoms with Crippen molar-refractivity contribution in [3.63, 3.8) is 0 Å². The van der Waals surface area contributed by atoms with Crippen LogP contribution in [0.3, 0.4) is 0 Å². The summed E-state index contributed by atoms with van der Waals surface area (Å²) in [7, 11) is 0. The number of amides is 2. The van der Waals surface area contributed by atoms with Gasteiger partial charge in [0.2, 0.25) is 0 Å². The molecule has 0 fully saturated rings. The quantitative estimate of drug-likeness (QED) is 0.563. The molecule has 0 radical (unpaired) electrons. The zero-order valence-corrected chi connectivity index (χ0v) is 20.2. The van der Waals surface area contributed by atoms with Crippen molar-refractivity contribution in [2.45, 2.75) is 52.3 Å². The molecule has 0 saturated carbocycles. The van der Waals surface area contributed by atoms with E-state index in [1.165, 1.54) is 5.56 Å². The summed E-state index contributed by atoms with van der Waals surface area (Å²) in [5.41, 5.74) is 5.11. The van der Waals surface area contributed by atoms with Gasteiger partial charge in [0, 0.05) is 18.2 Å². The average molecular weight is 457 g/mol. The van der Waals surface area contributed by atoms with Crippen LogP contribution in [0.4, 0.5) is 0 Å². The topological polar surface area (TPSA) is 58.6 Å². The van der Waals surface area contributed by atoms with E-state index in [-0.39, 0.29) is 23.9 Å². The molecule has 0 saturated heterocycles. The van der Waals surface area contributed by atoms with Crippen LogP contribution in [0.1, 0.15) is 59.4 Å². The molecule has 1 heterocycles. The fourth-order valence-electron chi connectivity index (χ4n) is 4.49. The second kappa shape index (κ2) is 10.1. The van der Waals surface area contributed by atoms with Crippen LogP contribution in [0.5, 0.6) is 5.75 Å². The molecule has 5 heteroatoms. The number of hydrogen-bond donors (Lipinski definition) is 1. The molecule has 1 aliphatic heterocycles. The van der Waals surface area contributed by atoms with E-state index in [1.54, 1.807) is 6.92 Å². The lowest BCUT2D eigenvalue weighted by Crippen LogP contribution is -2.41. The third kappa shape index (κ3) is 5.14. The van der Waals surface area contributed by atoms with E-state index in [0.29, 0.717) is 17.9 Å². The highest BCUT2D eigenvalue weighted by Crippen LogP contribution is 2.38. The predicted octanol–water partition coefficient (Wildman–Crippen LogP) is 5.07. The first-order valence-corrected chi connectivity index (χ1v) is 11.9. The largest absolute Gasteiger partial charge is 0.481 e. The van der Waals surface area contributed by atoms with Gasteiger partial charge in [0.15, 0.2) is 6.10 Å². The molecule has 4 rings (SSSR count). The number of ether oxygens (including phenoxy) is 1. The second-order valence-corrected chi connectivity index (χ2v) is 9.22. The van der Waals surface area contributed by atoms with Crippen LogP contribution in [0, 0.1) is 6.92 Å². The molecule has 2 amide bonds. The maximum absolute atomic E-state index is 13.6. The summed E-state index contributed by atoms with van der Waals surface area (Å²) in [6.07, 6.45) is 0.142. The Morgan fingerprint density at radius 2 is 1.74 bits per heavy atom. The SMILES string of the molecule is Cc1cccc([C@H]2c3cc(O[C@H](C)C(=O)NC(C)C)ccc3CCN2C(=O)c2ccccc2)c1. The lowest BCUT2D eigenvalue weighted by Gasteiger charge is -2.38. The van der Waals surface area contributed by atoms with E-state index >= 15 is 0 Å². The van der Waals surface area contributed by atoms with Gasteiger partial charge in [-0.25, -0.2) is 0 Å². The van der Waals surface area contributed by atoms with Crippen molar-refractivity contribution >= 4 is 11.8 Å². The van der Waals surface area contributed by atoms with Crippen LogP contribution in [-0.4, -0.2) is 35.4 Å². The maximum atomic E-state index is 13.6. The van der Waals surface area contributed by atoms with Crippen molar-refractivity contribution < 1.29 is 14.3 Å². The molecule has 5 nitrogen and oxygen atoms in total. The molecule has 176 valence electrons. The van der Waals surface area contributed by atoms with E-state index in [0.717, 1.165) is 23.1 Å². The third-order valence-corrected chi connectivity index (χ3v) is 6.10. The molecular weight excluding hydrogens is 424 g/mol. The molecule has 3 aromatic rings. The molecule has 2 atom stereocenters. The summed E-state index contributed by atoms with van der Waals surface area (Å²) in [6.45, 7) is 8.29. The molecule has 0 bridgehead atoms. The van der Waals surface area contributed by atoms with Crippen LogP contribution in [0.15, 0.2) is 72.8 Å². The Balaban J connectivity index is 1.72. The lowest BCUT2D eigenvalue weighted by atomic mass is 9.87. The van der Waals surface area contributed by atoms with Gasteiger partial charge in [-0.1, -0.05) is 54.1 Å². The van der Waals surface area contributed by atoms with Gasteiger partial charge in [-0.05, 0) is 75.1 Å². The monoisotopic (exact) mass is 456 g/mol. The second-order valence-electron chi connectivity index (χ2n) is 9.22. The minimum atomic E-state index is -0.622. The number of aryl methyl sites for hydroxylation is 1. The van der Waals surface area contributed by atoms with Crippen LogP contribution in [0.2, 0.25) is 0 Å². The minimum Gasteiger partial charge on any atom is -0.481 e. The number of nitrogens with one attached hydrogen (secondary N) is 1. The highest BCUT2D eigenvalue weighted by molar-refractivity contribution is 5.95. The van der Waals surface area contributed by atoms with E-state index in [9.17, 15) is 9.59 Å². The van der Waals surface area contributed by atoms with Crippen molar-refractivity contribution in [2.24, 2.45) is 0 Å². The Bertz CT molecular complexity index is 1170. The molecule has 0 unspecified atom stereocenters. The predicted molar refractivity (Wildman–Crippen MR) is 134 cm³/mol. The number of fused-ring (bicyclic) bond motifs is 1. The minimum absolute atomic E-state index is 0.00811. The standard InChI is InChI=1S/C29H32N2O3/c1-19(2)30-28(32)21(4)34-25-14-13-22-15-16-31(29(33)23-10-6-5-7-11-23)27(26(22)18-25)24-12-8-9-20(3)17-24/h5-14,17-19,21,27H,15-16H2,1-4H3,(H,30,32)/t21-,27+/m1/s1. The summed E-state index contributed by atoms with van der Waals surface area (Å²) in [6, 6.07) is 23.5. The number of rotatable bonds is 6. The van der Waals surface area contributed by atoms with E-state index in [4.69, 9.17) is 4.74 Å². The Kier molecular flexibility index (Phi) is 7.01. The zero-order valence-electron chi connectivity index (χ0n) is 20.2. The van der Waals surface area contributed by atoms with Gasteiger partial charge in [-0.2, -0.15) is 0 Å². The number of carbonyl (C=O) groups excluding carboxylic acids is 2. The number of benzene rings is 3. The summed E-state index contributed by atoms with van der Waals surface area (Å²) in [5, 5.41) is 2.89. The number of hydrogen-bond acceptors (Lipinski definition) is 3. The van der Waals surface area contributed by atoms with Crippen LogP contribution in [-0.2, 0) is 11.2 Å². The fraction of sp³-hybridized carbons (Fsp3) is 0.310. The van der Waals surface area contributed by atoms with Crippen LogP contribution in [0.25, 0.3) is 0 Å². The van der Waals surface area contributed by atoms with Gasteiger partial charge in [0.05, 0.1) is 6.04 Å². The Morgan fingerprint density at radius 3 is 2.44 bits per heavy atom. The van der Waals surface area contributed by atoms with Gasteiger partial charge in [0.1, 0.15) is 5.75 Å². The fourth-order valence-corrected chi connectivity index (χ4v) is 4.49. The van der Waals surface area contributed by atoms with Crippen molar-refractivity contribution in [2.75, 3.05) is 6.54 Å². The van der Waals surface area contributed by atoms with Crippen molar-refractivity contribution in [1.29, 1.82) is 0 Å². The Labute approximate surface area is 201 Å². The van der Waals surface area contributed by atoms with Crippen LogP contribution < -0.4 is 10.1 Å². The third-order valence-electron chi connectivity index (χ3n) is 6.10. The van der Waals surface area contributed by atoms with Crippen molar-refractivity contribution in [3.05, 3.63) is 101 Å². The summed E-state index contributed by atoms with van der Waals surface area (Å²) in [5.74, 6) is 0.481. The lowest BCUT2D eigenvalue weighted by molar-refractivity contribution is -0.127. The van der Waals surface area contributed by atoms with E-state index < -0.39 is 6.10 Å². The molecule has 0 aliphatic carbocycles. The van der Waals surface area contributed by atoms with Gasteiger partial charge >= 0.3 is 0 Å². The first-order chi connectivity index (χ1) is 16.3. The average Bonchev–Trinajstić information content (AvgIpc) is 2.83. The first-order valence-electron chi connectivity index (χ1n) is 11.9. The smallest absolute Gasteiger partial charge is 0.260 e. The molecule has 0 spiro atoms. The normalized spacial score (nSPS) is 16.0. The molecule has 1 N–H and O–H groups in total. The Morgan fingerprint density at radius 1 is 0.971 bits per heavy atom. The number of carbonyl (C=O) groups is 2. The van der Waals surface area contributed by atoms with Crippen molar-refractivity contribution in [1.82, 2.24) is 10.2 Å². The van der Waals surface area contributed by atoms with Gasteiger partial charge in [-0.3, -0.25) is 9.59 Å². The number of nitrogens with zero attached hydrogens (tertiary/aromatic N) is 1. The molecule has 1 aliphatic rings. The van der Waals surface area contributed by atoms with E-state index in [2.05, 4.69) is 36.5 Å². The van der Waals surface area contributed by atoms with Gasteiger partial charge < -0.3 is 15.0 Å². The first kappa shape index (κ1) is 23.6.